The first kappa shape index (κ1) is 12.2. The normalized spacial score (nSPS) is 13.3. The van der Waals surface area contributed by atoms with Crippen LogP contribution in [0.3, 0.4) is 0 Å². The van der Waals surface area contributed by atoms with Crippen molar-refractivity contribution in [2.45, 2.75) is 40.7 Å². The van der Waals surface area contributed by atoms with Gasteiger partial charge in [-0.3, -0.25) is 11.3 Å². The van der Waals surface area contributed by atoms with Crippen LogP contribution in [0.4, 0.5) is 0 Å². The average molecular weight is 206 g/mol. The van der Waals surface area contributed by atoms with Gasteiger partial charge in [-0.05, 0) is 43.4 Å². The lowest BCUT2D eigenvalue weighted by Crippen LogP contribution is -2.32. The van der Waals surface area contributed by atoms with E-state index < -0.39 is 0 Å². The number of nitrogens with one attached hydrogen (secondary N) is 1. The SMILES string of the molecule is Cc1cc(C)c(C(NN)C(C)C)c(C)c1. The Kier molecular flexibility index (Phi) is 3.89. The van der Waals surface area contributed by atoms with Crippen LogP contribution in [-0.4, -0.2) is 0 Å². The summed E-state index contributed by atoms with van der Waals surface area (Å²) >= 11 is 0. The second kappa shape index (κ2) is 4.77. The number of hydrogen-bond acceptors (Lipinski definition) is 2. The molecule has 1 aromatic carbocycles. The predicted molar refractivity (Wildman–Crippen MR) is 65.6 cm³/mol. The fourth-order valence-electron chi connectivity index (χ4n) is 2.29. The molecule has 0 aliphatic heterocycles. The molecule has 2 heteroatoms. The van der Waals surface area contributed by atoms with Crippen molar-refractivity contribution in [3.05, 3.63) is 34.4 Å². The molecule has 1 rings (SSSR count). The van der Waals surface area contributed by atoms with E-state index >= 15 is 0 Å². The van der Waals surface area contributed by atoms with E-state index in [4.69, 9.17) is 5.84 Å². The number of benzene rings is 1. The highest BCUT2D eigenvalue weighted by Crippen LogP contribution is 2.27. The molecule has 0 saturated heterocycles. The smallest absolute Gasteiger partial charge is 0.0488 e. The van der Waals surface area contributed by atoms with Gasteiger partial charge in [-0.25, -0.2) is 0 Å². The molecule has 0 aliphatic rings. The fraction of sp³-hybridized carbons (Fsp3) is 0.538. The maximum Gasteiger partial charge on any atom is 0.0488 e. The van der Waals surface area contributed by atoms with E-state index in [0.29, 0.717) is 5.92 Å². The third kappa shape index (κ3) is 2.58. The zero-order valence-electron chi connectivity index (χ0n) is 10.4. The monoisotopic (exact) mass is 206 g/mol. The van der Waals surface area contributed by atoms with Crippen molar-refractivity contribution in [3.63, 3.8) is 0 Å². The highest BCUT2D eigenvalue weighted by Gasteiger charge is 2.18. The summed E-state index contributed by atoms with van der Waals surface area (Å²) in [4.78, 5) is 0. The van der Waals surface area contributed by atoms with E-state index in [-0.39, 0.29) is 6.04 Å². The topological polar surface area (TPSA) is 38.0 Å². The van der Waals surface area contributed by atoms with E-state index in [1.165, 1.54) is 22.3 Å². The summed E-state index contributed by atoms with van der Waals surface area (Å²) in [5.41, 5.74) is 8.22. The summed E-state index contributed by atoms with van der Waals surface area (Å²) in [7, 11) is 0. The standard InChI is InChI=1S/C13H22N2/c1-8(2)13(15-14)12-10(4)6-9(3)7-11(12)5/h6-8,13,15H,14H2,1-5H3. The minimum atomic E-state index is 0.241. The van der Waals surface area contributed by atoms with Gasteiger partial charge in [0.05, 0.1) is 0 Å². The van der Waals surface area contributed by atoms with Gasteiger partial charge >= 0.3 is 0 Å². The molecule has 84 valence electrons. The minimum absolute atomic E-state index is 0.241. The molecule has 0 amide bonds. The molecule has 0 aromatic heterocycles. The number of nitrogens with two attached hydrogens (primary N) is 1. The lowest BCUT2D eigenvalue weighted by atomic mass is 9.88. The summed E-state index contributed by atoms with van der Waals surface area (Å²) < 4.78 is 0. The van der Waals surface area contributed by atoms with E-state index in [1.54, 1.807) is 0 Å². The van der Waals surface area contributed by atoms with Gasteiger partial charge in [-0.1, -0.05) is 31.5 Å². The Balaban J connectivity index is 3.23. The zero-order chi connectivity index (χ0) is 11.6. The lowest BCUT2D eigenvalue weighted by molar-refractivity contribution is 0.418. The Hall–Kier alpha value is -0.860. The largest absolute Gasteiger partial charge is 0.271 e. The number of rotatable bonds is 3. The molecule has 15 heavy (non-hydrogen) atoms. The summed E-state index contributed by atoms with van der Waals surface area (Å²) in [6.07, 6.45) is 0. The van der Waals surface area contributed by atoms with Crippen molar-refractivity contribution in [1.29, 1.82) is 0 Å². The summed E-state index contributed by atoms with van der Waals surface area (Å²) in [5.74, 6) is 6.13. The van der Waals surface area contributed by atoms with Crippen molar-refractivity contribution in [1.82, 2.24) is 5.43 Å². The van der Waals surface area contributed by atoms with Gasteiger partial charge in [0.25, 0.3) is 0 Å². The lowest BCUT2D eigenvalue weighted by Gasteiger charge is -2.24. The van der Waals surface area contributed by atoms with Crippen molar-refractivity contribution < 1.29 is 0 Å². The molecular weight excluding hydrogens is 184 g/mol. The number of hydrazine groups is 1. The third-order valence-electron chi connectivity index (χ3n) is 2.90. The van der Waals surface area contributed by atoms with E-state index in [0.717, 1.165) is 0 Å². The van der Waals surface area contributed by atoms with Crippen molar-refractivity contribution in [2.75, 3.05) is 0 Å². The van der Waals surface area contributed by atoms with Crippen LogP contribution < -0.4 is 11.3 Å². The Morgan fingerprint density at radius 2 is 1.53 bits per heavy atom. The molecule has 0 saturated carbocycles. The van der Waals surface area contributed by atoms with Gasteiger partial charge < -0.3 is 0 Å². The van der Waals surface area contributed by atoms with Crippen LogP contribution in [0.2, 0.25) is 0 Å². The number of aryl methyl sites for hydroxylation is 3. The summed E-state index contributed by atoms with van der Waals surface area (Å²) in [6.45, 7) is 10.8. The van der Waals surface area contributed by atoms with Crippen LogP contribution >= 0.6 is 0 Å². The molecule has 0 radical (unpaired) electrons. The predicted octanol–water partition coefficient (Wildman–Crippen LogP) is 2.77. The molecule has 3 N–H and O–H groups in total. The van der Waals surface area contributed by atoms with Crippen LogP contribution in [0.25, 0.3) is 0 Å². The molecule has 0 spiro atoms. The Morgan fingerprint density at radius 1 is 1.07 bits per heavy atom. The molecule has 0 aliphatic carbocycles. The molecule has 0 heterocycles. The molecule has 2 nitrogen and oxygen atoms in total. The van der Waals surface area contributed by atoms with Gasteiger partial charge in [0.1, 0.15) is 0 Å². The first-order valence-electron chi connectivity index (χ1n) is 5.51. The fourth-order valence-corrected chi connectivity index (χ4v) is 2.29. The van der Waals surface area contributed by atoms with Crippen molar-refractivity contribution >= 4 is 0 Å². The van der Waals surface area contributed by atoms with Crippen LogP contribution in [0.5, 0.6) is 0 Å². The van der Waals surface area contributed by atoms with Gasteiger partial charge in [0.2, 0.25) is 0 Å². The molecule has 1 atom stereocenters. The molecule has 0 fully saturated rings. The van der Waals surface area contributed by atoms with Gasteiger partial charge in [0.15, 0.2) is 0 Å². The first-order chi connectivity index (χ1) is 6.97. The van der Waals surface area contributed by atoms with Crippen molar-refractivity contribution in [3.8, 4) is 0 Å². The second-order valence-electron chi connectivity index (χ2n) is 4.70. The van der Waals surface area contributed by atoms with Gasteiger partial charge in [-0.2, -0.15) is 0 Å². The Bertz CT molecular complexity index is 319. The zero-order valence-corrected chi connectivity index (χ0v) is 10.4. The maximum absolute atomic E-state index is 5.63. The van der Waals surface area contributed by atoms with E-state index in [1.807, 2.05) is 0 Å². The van der Waals surface area contributed by atoms with E-state index in [2.05, 4.69) is 52.2 Å². The Labute approximate surface area is 92.8 Å². The molecule has 0 bridgehead atoms. The maximum atomic E-state index is 5.63. The van der Waals surface area contributed by atoms with Gasteiger partial charge in [0, 0.05) is 6.04 Å². The van der Waals surface area contributed by atoms with Crippen LogP contribution in [-0.2, 0) is 0 Å². The second-order valence-corrected chi connectivity index (χ2v) is 4.70. The summed E-state index contributed by atoms with van der Waals surface area (Å²) in [6, 6.07) is 4.68. The minimum Gasteiger partial charge on any atom is -0.271 e. The van der Waals surface area contributed by atoms with Crippen LogP contribution in [0.15, 0.2) is 12.1 Å². The van der Waals surface area contributed by atoms with E-state index in [9.17, 15) is 0 Å². The molecule has 1 aromatic rings. The van der Waals surface area contributed by atoms with Crippen molar-refractivity contribution in [2.24, 2.45) is 11.8 Å². The third-order valence-corrected chi connectivity index (χ3v) is 2.90. The van der Waals surface area contributed by atoms with Crippen LogP contribution in [0, 0.1) is 26.7 Å². The molecule has 1 unspecified atom stereocenters. The van der Waals surface area contributed by atoms with Crippen LogP contribution in [0.1, 0.15) is 42.1 Å². The quantitative estimate of drug-likeness (QED) is 0.589. The van der Waals surface area contributed by atoms with Gasteiger partial charge in [-0.15, -0.1) is 0 Å². The Morgan fingerprint density at radius 3 is 1.87 bits per heavy atom. The average Bonchev–Trinajstić information content (AvgIpc) is 2.09. The molecular formula is C13H22N2. The first-order valence-corrected chi connectivity index (χ1v) is 5.51. The number of hydrogen-bond donors (Lipinski definition) is 2. The highest BCUT2D eigenvalue weighted by molar-refractivity contribution is 5.39. The summed E-state index contributed by atoms with van der Waals surface area (Å²) in [5, 5.41) is 0. The highest BCUT2D eigenvalue weighted by atomic mass is 15.2.